The molecule has 0 spiro atoms. The van der Waals surface area contributed by atoms with Crippen molar-refractivity contribution in [2.45, 2.75) is 20.0 Å². The molecule has 150 valence electrons. The van der Waals surface area contributed by atoms with E-state index >= 15 is 0 Å². The Morgan fingerprint density at radius 2 is 1.90 bits per heavy atom. The summed E-state index contributed by atoms with van der Waals surface area (Å²) in [6.07, 6.45) is -1.37. The zero-order valence-electron chi connectivity index (χ0n) is 15.6. The van der Waals surface area contributed by atoms with Gasteiger partial charge >= 0.3 is 6.18 Å². The predicted octanol–water partition coefficient (Wildman–Crippen LogP) is 5.47. The van der Waals surface area contributed by atoms with E-state index in [1.165, 1.54) is 6.21 Å². The normalized spacial score (nSPS) is 11.8. The Balaban J connectivity index is 1.88. The average molecular weight is 402 g/mol. The molecular formula is C20H17F3N4O2. The number of hydrazone groups is 1. The van der Waals surface area contributed by atoms with Crippen LogP contribution in [-0.4, -0.2) is 15.7 Å². The maximum Gasteiger partial charge on any atom is 0.416 e. The number of alkyl halides is 3. The number of rotatable bonds is 5. The molecule has 0 fully saturated rings. The number of hydrogen-bond acceptors (Lipinski definition) is 4. The number of halogens is 3. The molecule has 1 aromatic heterocycles. The third-order valence-electron chi connectivity index (χ3n) is 4.52. The molecule has 29 heavy (non-hydrogen) atoms. The Morgan fingerprint density at radius 1 is 1.14 bits per heavy atom. The zero-order valence-corrected chi connectivity index (χ0v) is 15.6. The second-order valence-electron chi connectivity index (χ2n) is 6.38. The molecule has 1 N–H and O–H groups in total. The van der Waals surface area contributed by atoms with Crippen molar-refractivity contribution in [1.29, 1.82) is 0 Å². The van der Waals surface area contributed by atoms with Crippen molar-refractivity contribution in [1.82, 2.24) is 4.57 Å². The van der Waals surface area contributed by atoms with Gasteiger partial charge in [-0.1, -0.05) is 12.1 Å². The van der Waals surface area contributed by atoms with Crippen LogP contribution in [0.15, 0.2) is 59.8 Å². The number of nitrogens with zero attached hydrogens (tertiary/aromatic N) is 3. The molecule has 0 radical (unpaired) electrons. The topological polar surface area (TPSA) is 72.5 Å². The monoisotopic (exact) mass is 402 g/mol. The van der Waals surface area contributed by atoms with Crippen LogP contribution in [0.2, 0.25) is 0 Å². The maximum absolute atomic E-state index is 12.8. The van der Waals surface area contributed by atoms with Gasteiger partial charge in [0.25, 0.3) is 5.69 Å². The maximum atomic E-state index is 12.8. The highest BCUT2D eigenvalue weighted by Gasteiger charge is 2.33. The van der Waals surface area contributed by atoms with E-state index in [0.29, 0.717) is 11.8 Å². The number of hydrogen-bond donors (Lipinski definition) is 1. The number of anilines is 1. The zero-order chi connectivity index (χ0) is 21.2. The van der Waals surface area contributed by atoms with Crippen LogP contribution in [0.4, 0.5) is 24.5 Å². The number of benzene rings is 2. The van der Waals surface area contributed by atoms with Gasteiger partial charge in [0.15, 0.2) is 0 Å². The molecule has 0 aliphatic heterocycles. The molecule has 9 heteroatoms. The number of aromatic nitrogens is 1. The highest BCUT2D eigenvalue weighted by Crippen LogP contribution is 2.35. The van der Waals surface area contributed by atoms with Gasteiger partial charge in [-0.2, -0.15) is 18.3 Å². The van der Waals surface area contributed by atoms with E-state index < -0.39 is 22.4 Å². The van der Waals surface area contributed by atoms with Gasteiger partial charge in [-0.15, -0.1) is 0 Å². The highest BCUT2D eigenvalue weighted by molar-refractivity contribution is 5.80. The van der Waals surface area contributed by atoms with Crippen LogP contribution in [0, 0.1) is 24.0 Å². The first-order chi connectivity index (χ1) is 13.7. The fraction of sp³-hybridized carbons (Fsp3) is 0.150. The summed E-state index contributed by atoms with van der Waals surface area (Å²) in [5.41, 5.74) is 4.39. The smallest absolute Gasteiger partial charge is 0.315 e. The van der Waals surface area contributed by atoms with Crippen molar-refractivity contribution in [2.24, 2.45) is 5.10 Å². The number of nitro benzene ring substituents is 1. The van der Waals surface area contributed by atoms with E-state index in [4.69, 9.17) is 0 Å². The molecule has 0 aliphatic carbocycles. The van der Waals surface area contributed by atoms with Crippen LogP contribution in [0.5, 0.6) is 0 Å². The fourth-order valence-electron chi connectivity index (χ4n) is 2.84. The molecule has 0 saturated heterocycles. The van der Waals surface area contributed by atoms with Gasteiger partial charge < -0.3 is 4.57 Å². The summed E-state index contributed by atoms with van der Waals surface area (Å²) in [5.74, 6) is 0. The number of nitro groups is 1. The van der Waals surface area contributed by atoms with E-state index in [9.17, 15) is 23.3 Å². The van der Waals surface area contributed by atoms with Crippen LogP contribution in [0.25, 0.3) is 5.69 Å². The third-order valence-corrected chi connectivity index (χ3v) is 4.52. The molecule has 0 unspecified atom stereocenters. The van der Waals surface area contributed by atoms with E-state index in [-0.39, 0.29) is 5.69 Å². The minimum atomic E-state index is -4.67. The lowest BCUT2D eigenvalue weighted by molar-refractivity contribution is -0.384. The van der Waals surface area contributed by atoms with Crippen molar-refractivity contribution in [3.63, 3.8) is 0 Å². The SMILES string of the molecule is Cc1cccc(-n2cccc2/C=N\Nc2ccc(C(F)(F)F)cc2[N+](=O)[O-])c1C. The van der Waals surface area contributed by atoms with Crippen LogP contribution >= 0.6 is 0 Å². The fourth-order valence-corrected chi connectivity index (χ4v) is 2.84. The van der Waals surface area contributed by atoms with Crippen molar-refractivity contribution in [3.8, 4) is 5.69 Å². The molecule has 1 heterocycles. The van der Waals surface area contributed by atoms with Gasteiger partial charge in [0, 0.05) is 18.0 Å². The van der Waals surface area contributed by atoms with Crippen molar-refractivity contribution in [3.05, 3.63) is 87.2 Å². The largest absolute Gasteiger partial charge is 0.416 e. The molecule has 0 saturated carbocycles. The Hall–Kier alpha value is -3.62. The lowest BCUT2D eigenvalue weighted by Gasteiger charge is -2.12. The van der Waals surface area contributed by atoms with Crippen molar-refractivity contribution >= 4 is 17.6 Å². The van der Waals surface area contributed by atoms with E-state index in [0.717, 1.165) is 28.9 Å². The van der Waals surface area contributed by atoms with Gasteiger partial charge in [0.05, 0.1) is 22.4 Å². The summed E-state index contributed by atoms with van der Waals surface area (Å²) in [5, 5.41) is 15.1. The van der Waals surface area contributed by atoms with Gasteiger partial charge in [-0.05, 0) is 55.3 Å². The van der Waals surface area contributed by atoms with Gasteiger partial charge in [0.1, 0.15) is 5.69 Å². The number of nitrogens with one attached hydrogen (secondary N) is 1. The van der Waals surface area contributed by atoms with Crippen molar-refractivity contribution < 1.29 is 18.1 Å². The number of aryl methyl sites for hydroxylation is 1. The molecule has 6 nitrogen and oxygen atoms in total. The van der Waals surface area contributed by atoms with Crippen LogP contribution in [-0.2, 0) is 6.18 Å². The molecule has 0 atom stereocenters. The third kappa shape index (κ3) is 4.29. The molecule has 3 aromatic rings. The molecule has 0 bridgehead atoms. The Kier molecular flexibility index (Phi) is 5.40. The van der Waals surface area contributed by atoms with Crippen LogP contribution < -0.4 is 5.43 Å². The first-order valence-electron chi connectivity index (χ1n) is 8.57. The van der Waals surface area contributed by atoms with E-state index in [1.807, 2.05) is 48.9 Å². The standard InChI is InChI=1S/C20H17F3N4O2/c1-13-5-3-7-18(14(13)2)26-10-4-6-16(26)12-24-25-17-9-8-15(20(21,22)23)11-19(17)27(28)29/h3-12,25H,1-2H3/b24-12-. The average Bonchev–Trinajstić information content (AvgIpc) is 3.11. The van der Waals surface area contributed by atoms with Crippen LogP contribution in [0.3, 0.4) is 0 Å². The summed E-state index contributed by atoms with van der Waals surface area (Å²) >= 11 is 0. The van der Waals surface area contributed by atoms with E-state index in [2.05, 4.69) is 10.5 Å². The summed E-state index contributed by atoms with van der Waals surface area (Å²) in [4.78, 5) is 10.3. The molecule has 0 aliphatic rings. The van der Waals surface area contributed by atoms with Gasteiger partial charge in [0.2, 0.25) is 0 Å². The summed E-state index contributed by atoms with van der Waals surface area (Å²) in [7, 11) is 0. The summed E-state index contributed by atoms with van der Waals surface area (Å²) in [6.45, 7) is 4.00. The van der Waals surface area contributed by atoms with E-state index in [1.54, 1.807) is 6.07 Å². The summed E-state index contributed by atoms with van der Waals surface area (Å²) < 4.78 is 40.3. The first-order valence-corrected chi connectivity index (χ1v) is 8.57. The Morgan fingerprint density at radius 3 is 2.59 bits per heavy atom. The Bertz CT molecular complexity index is 1090. The van der Waals surface area contributed by atoms with Gasteiger partial charge in [-0.25, -0.2) is 0 Å². The van der Waals surface area contributed by atoms with Crippen molar-refractivity contribution in [2.75, 3.05) is 5.43 Å². The molecule has 2 aromatic carbocycles. The molecular weight excluding hydrogens is 385 g/mol. The Labute approximate surface area is 164 Å². The highest BCUT2D eigenvalue weighted by atomic mass is 19.4. The lowest BCUT2D eigenvalue weighted by atomic mass is 10.1. The molecule has 3 rings (SSSR count). The minimum absolute atomic E-state index is 0.135. The minimum Gasteiger partial charge on any atom is -0.315 e. The quantitative estimate of drug-likeness (QED) is 0.350. The predicted molar refractivity (Wildman–Crippen MR) is 105 cm³/mol. The van der Waals surface area contributed by atoms with Gasteiger partial charge in [-0.3, -0.25) is 15.5 Å². The second kappa shape index (κ2) is 7.78. The summed E-state index contributed by atoms with van der Waals surface area (Å²) in [6, 6.07) is 11.7. The second-order valence-corrected chi connectivity index (χ2v) is 6.38. The first kappa shape index (κ1) is 20.1. The lowest BCUT2D eigenvalue weighted by Crippen LogP contribution is -2.07. The van der Waals surface area contributed by atoms with Crippen LogP contribution in [0.1, 0.15) is 22.4 Å². The molecule has 0 amide bonds.